The summed E-state index contributed by atoms with van der Waals surface area (Å²) in [6, 6.07) is 18.0. The van der Waals surface area contributed by atoms with Gasteiger partial charge in [-0.25, -0.2) is 0 Å². The Hall–Kier alpha value is -4.51. The van der Waals surface area contributed by atoms with E-state index in [-0.39, 0.29) is 24.1 Å². The molecule has 1 aromatic heterocycles. The summed E-state index contributed by atoms with van der Waals surface area (Å²) in [7, 11) is 4.64. The van der Waals surface area contributed by atoms with Crippen molar-refractivity contribution < 1.29 is 23.8 Å². The van der Waals surface area contributed by atoms with Crippen molar-refractivity contribution in [2.24, 2.45) is 0 Å². The van der Waals surface area contributed by atoms with Gasteiger partial charge >= 0.3 is 0 Å². The van der Waals surface area contributed by atoms with Gasteiger partial charge in [-0.15, -0.1) is 10.2 Å². The smallest absolute Gasteiger partial charge is 0.251 e. The normalized spacial score (nSPS) is 10.6. The van der Waals surface area contributed by atoms with Gasteiger partial charge in [-0.1, -0.05) is 23.9 Å². The summed E-state index contributed by atoms with van der Waals surface area (Å²) in [4.78, 5) is 25.6. The van der Waals surface area contributed by atoms with Gasteiger partial charge < -0.3 is 24.8 Å². The highest BCUT2D eigenvalue weighted by Crippen LogP contribution is 2.28. The van der Waals surface area contributed by atoms with E-state index >= 15 is 0 Å². The van der Waals surface area contributed by atoms with Crippen LogP contribution in [-0.4, -0.2) is 53.7 Å². The van der Waals surface area contributed by atoms with Gasteiger partial charge in [0.25, 0.3) is 5.91 Å². The van der Waals surface area contributed by atoms with Crippen molar-refractivity contribution in [3.8, 4) is 22.9 Å². The molecule has 3 aromatic carbocycles. The number of aryl methyl sites for hydroxylation is 1. The van der Waals surface area contributed by atoms with Crippen LogP contribution in [0.1, 0.15) is 27.3 Å². The monoisotopic (exact) mass is 561 g/mol. The van der Waals surface area contributed by atoms with Crippen molar-refractivity contribution in [1.82, 2.24) is 20.1 Å². The molecule has 11 heteroatoms. The van der Waals surface area contributed by atoms with E-state index in [0.29, 0.717) is 39.5 Å². The Morgan fingerprint density at radius 1 is 0.900 bits per heavy atom. The first-order valence-electron chi connectivity index (χ1n) is 12.4. The molecule has 2 N–H and O–H groups in total. The van der Waals surface area contributed by atoms with Crippen LogP contribution >= 0.6 is 11.8 Å². The largest absolute Gasteiger partial charge is 0.497 e. The Morgan fingerprint density at radius 2 is 1.65 bits per heavy atom. The first kappa shape index (κ1) is 28.5. The number of methoxy groups -OCH3 is 3. The highest BCUT2D eigenvalue weighted by molar-refractivity contribution is 7.99. The van der Waals surface area contributed by atoms with Crippen molar-refractivity contribution in [1.29, 1.82) is 0 Å². The first-order chi connectivity index (χ1) is 19.3. The molecule has 4 rings (SSSR count). The number of carbonyl (C=O) groups is 2. The minimum Gasteiger partial charge on any atom is -0.497 e. The molecule has 0 unspecified atom stereocenters. The zero-order valence-corrected chi connectivity index (χ0v) is 23.8. The molecule has 4 aromatic rings. The summed E-state index contributed by atoms with van der Waals surface area (Å²) >= 11 is 1.26. The Bertz CT molecular complexity index is 1500. The van der Waals surface area contributed by atoms with E-state index in [2.05, 4.69) is 20.8 Å². The summed E-state index contributed by atoms with van der Waals surface area (Å²) in [5.74, 6) is 1.86. The predicted octanol–water partition coefficient (Wildman–Crippen LogP) is 4.57. The van der Waals surface area contributed by atoms with Crippen LogP contribution < -0.4 is 24.8 Å². The number of rotatable bonds is 11. The van der Waals surface area contributed by atoms with Crippen LogP contribution in [0.3, 0.4) is 0 Å². The molecule has 0 saturated heterocycles. The standard InChI is InChI=1S/C29H31N5O5S/c1-18-7-6-8-23(19(18)2)34-26(16-30-28(36)20-9-14-24(38-4)25(15-20)39-5)32-33-29(34)40-17-27(35)31-21-10-12-22(37-3)13-11-21/h6-15H,16-17H2,1-5H3,(H,30,36)(H,31,35). The fraction of sp³-hybridized carbons (Fsp3) is 0.241. The van der Waals surface area contributed by atoms with Gasteiger partial charge in [-0.2, -0.15) is 0 Å². The van der Waals surface area contributed by atoms with Crippen LogP contribution in [0.2, 0.25) is 0 Å². The average molecular weight is 562 g/mol. The van der Waals surface area contributed by atoms with Gasteiger partial charge in [0.05, 0.1) is 39.3 Å². The molecule has 0 bridgehead atoms. The Labute approximate surface area is 237 Å². The molecule has 2 amide bonds. The Kier molecular flexibility index (Phi) is 9.28. The predicted molar refractivity (Wildman–Crippen MR) is 154 cm³/mol. The number of nitrogens with one attached hydrogen (secondary N) is 2. The third-order valence-electron chi connectivity index (χ3n) is 6.28. The maximum Gasteiger partial charge on any atom is 0.251 e. The van der Waals surface area contributed by atoms with E-state index in [1.165, 1.54) is 26.0 Å². The van der Waals surface area contributed by atoms with Gasteiger partial charge in [-0.05, 0) is 73.5 Å². The number of hydrogen-bond donors (Lipinski definition) is 2. The van der Waals surface area contributed by atoms with Crippen LogP contribution in [-0.2, 0) is 11.3 Å². The van der Waals surface area contributed by atoms with E-state index in [9.17, 15) is 9.59 Å². The van der Waals surface area contributed by atoms with E-state index in [4.69, 9.17) is 14.2 Å². The highest BCUT2D eigenvalue weighted by atomic mass is 32.2. The lowest BCUT2D eigenvalue weighted by atomic mass is 10.1. The molecular formula is C29H31N5O5S. The van der Waals surface area contributed by atoms with Crippen molar-refractivity contribution in [2.75, 3.05) is 32.4 Å². The maximum atomic E-state index is 13.0. The van der Waals surface area contributed by atoms with Gasteiger partial charge in [0.2, 0.25) is 5.91 Å². The van der Waals surface area contributed by atoms with Gasteiger partial charge in [0.1, 0.15) is 5.75 Å². The number of benzene rings is 3. The number of carbonyl (C=O) groups excluding carboxylic acids is 2. The number of aromatic nitrogens is 3. The summed E-state index contributed by atoms with van der Waals surface area (Å²) in [6.07, 6.45) is 0. The number of hydrogen-bond acceptors (Lipinski definition) is 8. The molecule has 0 spiro atoms. The molecule has 0 fully saturated rings. The lowest BCUT2D eigenvalue weighted by Gasteiger charge is -2.15. The van der Waals surface area contributed by atoms with Crippen LogP contribution in [0.5, 0.6) is 17.2 Å². The van der Waals surface area contributed by atoms with Crippen molar-refractivity contribution in [2.45, 2.75) is 25.5 Å². The molecule has 0 atom stereocenters. The Morgan fingerprint density at radius 3 is 2.35 bits per heavy atom. The van der Waals surface area contributed by atoms with E-state index in [1.807, 2.05) is 36.6 Å². The zero-order valence-electron chi connectivity index (χ0n) is 23.0. The second kappa shape index (κ2) is 13.0. The van der Waals surface area contributed by atoms with Crippen LogP contribution in [0.15, 0.2) is 65.8 Å². The third kappa shape index (κ3) is 6.55. The minimum atomic E-state index is -0.301. The molecule has 0 radical (unpaired) electrons. The number of thioether (sulfide) groups is 1. The fourth-order valence-electron chi connectivity index (χ4n) is 3.97. The molecular weight excluding hydrogens is 530 g/mol. The molecule has 1 heterocycles. The van der Waals surface area contributed by atoms with Crippen LogP contribution in [0.4, 0.5) is 5.69 Å². The summed E-state index contributed by atoms with van der Waals surface area (Å²) in [5.41, 5.74) is 4.10. The van der Waals surface area contributed by atoms with E-state index < -0.39 is 0 Å². The quantitative estimate of drug-likeness (QED) is 0.256. The highest BCUT2D eigenvalue weighted by Gasteiger charge is 2.19. The zero-order chi connectivity index (χ0) is 28.6. The molecule has 208 valence electrons. The Balaban J connectivity index is 1.53. The number of amides is 2. The molecule has 40 heavy (non-hydrogen) atoms. The lowest BCUT2D eigenvalue weighted by Crippen LogP contribution is -2.25. The van der Waals surface area contributed by atoms with Crippen molar-refractivity contribution in [3.05, 3.63) is 83.2 Å². The summed E-state index contributed by atoms with van der Waals surface area (Å²) in [6.45, 7) is 4.16. The second-order valence-electron chi connectivity index (χ2n) is 8.77. The van der Waals surface area contributed by atoms with Crippen molar-refractivity contribution in [3.63, 3.8) is 0 Å². The fourth-order valence-corrected chi connectivity index (χ4v) is 4.73. The van der Waals surface area contributed by atoms with Gasteiger partial charge in [0.15, 0.2) is 22.5 Å². The SMILES string of the molecule is COc1ccc(NC(=O)CSc2nnc(CNC(=O)c3ccc(OC)c(OC)c3)n2-c2cccc(C)c2C)cc1. The number of anilines is 1. The maximum absolute atomic E-state index is 13.0. The van der Waals surface area contributed by atoms with E-state index in [0.717, 1.165) is 16.8 Å². The summed E-state index contributed by atoms with van der Waals surface area (Å²) < 4.78 is 17.6. The number of nitrogens with zero attached hydrogens (tertiary/aromatic N) is 3. The van der Waals surface area contributed by atoms with E-state index in [1.54, 1.807) is 49.6 Å². The first-order valence-corrected chi connectivity index (χ1v) is 13.4. The van der Waals surface area contributed by atoms with Crippen molar-refractivity contribution >= 4 is 29.3 Å². The molecule has 0 aliphatic rings. The molecule has 0 aliphatic heterocycles. The summed E-state index contributed by atoms with van der Waals surface area (Å²) in [5, 5.41) is 15.0. The number of ether oxygens (including phenoxy) is 3. The van der Waals surface area contributed by atoms with Crippen LogP contribution in [0, 0.1) is 13.8 Å². The molecule has 10 nitrogen and oxygen atoms in total. The lowest BCUT2D eigenvalue weighted by molar-refractivity contribution is -0.113. The van der Waals surface area contributed by atoms with Crippen LogP contribution in [0.25, 0.3) is 5.69 Å². The van der Waals surface area contributed by atoms with Gasteiger partial charge in [0, 0.05) is 11.3 Å². The average Bonchev–Trinajstić information content (AvgIpc) is 3.38. The second-order valence-corrected chi connectivity index (χ2v) is 9.71. The molecule has 0 aliphatic carbocycles. The topological polar surface area (TPSA) is 117 Å². The minimum absolute atomic E-state index is 0.117. The molecule has 0 saturated carbocycles. The third-order valence-corrected chi connectivity index (χ3v) is 7.21. The van der Waals surface area contributed by atoms with Gasteiger partial charge in [-0.3, -0.25) is 14.2 Å².